The smallest absolute Gasteiger partial charge is 0.0726 e. The summed E-state index contributed by atoms with van der Waals surface area (Å²) >= 11 is 0. The van der Waals surface area contributed by atoms with Gasteiger partial charge in [-0.2, -0.15) is 0 Å². The zero-order chi connectivity index (χ0) is 19.6. The highest BCUT2D eigenvalue weighted by Crippen LogP contribution is 2.18. The molecule has 0 aliphatic carbocycles. The van der Waals surface area contributed by atoms with Gasteiger partial charge in [-0.05, 0) is 35.6 Å². The molecule has 142 valence electrons. The van der Waals surface area contributed by atoms with Crippen molar-refractivity contribution >= 4 is 0 Å². The Labute approximate surface area is 170 Å². The lowest BCUT2D eigenvalue weighted by molar-refractivity contribution is 0.196. The minimum absolute atomic E-state index is 0.209. The van der Waals surface area contributed by atoms with Crippen LogP contribution < -0.4 is 0 Å². The molecule has 0 unspecified atom stereocenters. The van der Waals surface area contributed by atoms with Crippen LogP contribution in [0.25, 0.3) is 0 Å². The summed E-state index contributed by atoms with van der Waals surface area (Å²) in [6, 6.07) is 31.9. The first-order valence-corrected chi connectivity index (χ1v) is 10.1. The van der Waals surface area contributed by atoms with Crippen LogP contribution in [0.15, 0.2) is 91.0 Å². The fourth-order valence-electron chi connectivity index (χ4n) is 3.35. The van der Waals surface area contributed by atoms with Crippen LogP contribution in [0, 0.1) is 17.8 Å². The first-order valence-electron chi connectivity index (χ1n) is 10.1. The maximum Gasteiger partial charge on any atom is 0.0726 e. The Balaban J connectivity index is 1.89. The summed E-state index contributed by atoms with van der Waals surface area (Å²) < 4.78 is 0. The highest BCUT2D eigenvalue weighted by atomic mass is 15.1. The lowest BCUT2D eigenvalue weighted by atomic mass is 10.0. The van der Waals surface area contributed by atoms with Crippen LogP contribution >= 0.6 is 0 Å². The van der Waals surface area contributed by atoms with E-state index in [1.807, 2.05) is 18.2 Å². The molecule has 0 spiro atoms. The second-order valence-corrected chi connectivity index (χ2v) is 7.66. The maximum absolute atomic E-state index is 3.58. The van der Waals surface area contributed by atoms with Crippen molar-refractivity contribution in [1.82, 2.24) is 4.90 Å². The Morgan fingerprint density at radius 2 is 1.14 bits per heavy atom. The second kappa shape index (κ2) is 10.5. The molecular weight excluding hydrogens is 338 g/mol. The number of benzene rings is 3. The fourth-order valence-corrected chi connectivity index (χ4v) is 3.35. The van der Waals surface area contributed by atoms with Crippen molar-refractivity contribution in [2.24, 2.45) is 5.92 Å². The summed E-state index contributed by atoms with van der Waals surface area (Å²) in [6.45, 7) is 6.36. The molecule has 0 N–H and O–H groups in total. The fraction of sp³-hybridized carbons (Fsp3) is 0.259. The third-order valence-corrected chi connectivity index (χ3v) is 4.75. The van der Waals surface area contributed by atoms with Crippen LogP contribution in [0.2, 0.25) is 0 Å². The molecular formula is C27H29N. The minimum Gasteiger partial charge on any atom is -0.281 e. The molecule has 28 heavy (non-hydrogen) atoms. The van der Waals surface area contributed by atoms with E-state index in [1.165, 1.54) is 11.1 Å². The van der Waals surface area contributed by atoms with E-state index in [2.05, 4.69) is 103 Å². The van der Waals surface area contributed by atoms with E-state index in [4.69, 9.17) is 0 Å². The summed E-state index contributed by atoms with van der Waals surface area (Å²) in [7, 11) is 0. The standard InChI is InChI=1S/C27H29N/c1-23(2)20-27(19-18-24-12-6-3-7-13-24)28(21-25-14-8-4-9-15-25)22-26-16-10-5-11-17-26/h3-17,23,27H,20-22H2,1-2H3/t27-/m1/s1. The Hall–Kier alpha value is -2.82. The first kappa shape index (κ1) is 19.9. The Morgan fingerprint density at radius 3 is 1.61 bits per heavy atom. The van der Waals surface area contributed by atoms with E-state index < -0.39 is 0 Å². The van der Waals surface area contributed by atoms with Crippen molar-refractivity contribution in [3.05, 3.63) is 108 Å². The molecule has 0 saturated heterocycles. The summed E-state index contributed by atoms with van der Waals surface area (Å²) in [6.07, 6.45) is 1.06. The molecule has 0 amide bonds. The van der Waals surface area contributed by atoms with Gasteiger partial charge in [-0.15, -0.1) is 0 Å². The molecule has 0 heterocycles. The van der Waals surface area contributed by atoms with Crippen molar-refractivity contribution in [1.29, 1.82) is 0 Å². The van der Waals surface area contributed by atoms with Gasteiger partial charge in [0.05, 0.1) is 6.04 Å². The molecule has 0 radical (unpaired) electrons. The highest BCUT2D eigenvalue weighted by Gasteiger charge is 2.18. The SMILES string of the molecule is CC(C)C[C@@H](C#Cc1ccccc1)N(Cc1ccccc1)Cc1ccccc1. The maximum atomic E-state index is 3.58. The Kier molecular flexibility index (Phi) is 7.47. The molecule has 3 aromatic carbocycles. The Morgan fingerprint density at radius 1 is 0.679 bits per heavy atom. The van der Waals surface area contributed by atoms with Crippen LogP contribution in [-0.2, 0) is 13.1 Å². The molecule has 0 bridgehead atoms. The van der Waals surface area contributed by atoms with E-state index in [9.17, 15) is 0 Å². The molecule has 0 fully saturated rings. The summed E-state index contributed by atoms with van der Waals surface area (Å²) in [5, 5.41) is 0. The number of nitrogens with zero attached hydrogens (tertiary/aromatic N) is 1. The molecule has 1 atom stereocenters. The van der Waals surface area contributed by atoms with Gasteiger partial charge in [-0.25, -0.2) is 0 Å². The van der Waals surface area contributed by atoms with E-state index in [0.29, 0.717) is 5.92 Å². The predicted octanol–water partition coefficient (Wildman–Crippen LogP) is 6.16. The second-order valence-electron chi connectivity index (χ2n) is 7.66. The molecule has 0 aromatic heterocycles. The topological polar surface area (TPSA) is 3.24 Å². The molecule has 0 saturated carbocycles. The number of rotatable bonds is 7. The summed E-state index contributed by atoms with van der Waals surface area (Å²) in [5.74, 6) is 7.58. The van der Waals surface area contributed by atoms with Crippen LogP contribution in [0.1, 0.15) is 37.0 Å². The van der Waals surface area contributed by atoms with Gasteiger partial charge in [0, 0.05) is 18.7 Å². The number of hydrogen-bond donors (Lipinski definition) is 0. The van der Waals surface area contributed by atoms with Crippen molar-refractivity contribution in [2.75, 3.05) is 0 Å². The van der Waals surface area contributed by atoms with E-state index in [0.717, 1.165) is 25.1 Å². The predicted molar refractivity (Wildman–Crippen MR) is 119 cm³/mol. The third kappa shape index (κ3) is 6.41. The third-order valence-electron chi connectivity index (χ3n) is 4.75. The lowest BCUT2D eigenvalue weighted by Crippen LogP contribution is -2.34. The van der Waals surface area contributed by atoms with Crippen LogP contribution in [-0.4, -0.2) is 10.9 Å². The van der Waals surface area contributed by atoms with Gasteiger partial charge < -0.3 is 0 Å². The highest BCUT2D eigenvalue weighted by molar-refractivity contribution is 5.35. The van der Waals surface area contributed by atoms with Gasteiger partial charge in [0.15, 0.2) is 0 Å². The van der Waals surface area contributed by atoms with Gasteiger partial charge in [-0.1, -0.05) is 105 Å². The molecule has 1 heteroatoms. The largest absolute Gasteiger partial charge is 0.281 e. The van der Waals surface area contributed by atoms with Crippen LogP contribution in [0.4, 0.5) is 0 Å². The van der Waals surface area contributed by atoms with Crippen LogP contribution in [0.3, 0.4) is 0 Å². The van der Waals surface area contributed by atoms with Gasteiger partial charge in [0.2, 0.25) is 0 Å². The molecule has 3 rings (SSSR count). The Bertz CT molecular complexity index is 832. The van der Waals surface area contributed by atoms with Crippen LogP contribution in [0.5, 0.6) is 0 Å². The lowest BCUT2D eigenvalue weighted by Gasteiger charge is -2.30. The van der Waals surface area contributed by atoms with Crippen molar-refractivity contribution < 1.29 is 0 Å². The van der Waals surface area contributed by atoms with E-state index >= 15 is 0 Å². The van der Waals surface area contributed by atoms with Gasteiger partial charge >= 0.3 is 0 Å². The minimum atomic E-state index is 0.209. The van der Waals surface area contributed by atoms with Crippen molar-refractivity contribution in [3.8, 4) is 11.8 Å². The van der Waals surface area contributed by atoms with Gasteiger partial charge in [0.25, 0.3) is 0 Å². The average molecular weight is 368 g/mol. The molecule has 1 nitrogen and oxygen atoms in total. The molecule has 3 aromatic rings. The quantitative estimate of drug-likeness (QED) is 0.452. The summed E-state index contributed by atoms with van der Waals surface area (Å²) in [5.41, 5.74) is 3.73. The average Bonchev–Trinajstić information content (AvgIpc) is 2.73. The zero-order valence-corrected chi connectivity index (χ0v) is 16.9. The number of hydrogen-bond acceptors (Lipinski definition) is 1. The normalized spacial score (nSPS) is 11.9. The first-order chi connectivity index (χ1) is 13.7. The van der Waals surface area contributed by atoms with Gasteiger partial charge in [-0.3, -0.25) is 4.90 Å². The monoisotopic (exact) mass is 367 g/mol. The summed E-state index contributed by atoms with van der Waals surface area (Å²) in [4.78, 5) is 2.51. The molecule has 0 aliphatic heterocycles. The van der Waals surface area contributed by atoms with Crippen molar-refractivity contribution in [3.63, 3.8) is 0 Å². The zero-order valence-electron chi connectivity index (χ0n) is 16.9. The van der Waals surface area contributed by atoms with Crippen molar-refractivity contribution in [2.45, 2.75) is 39.4 Å². The van der Waals surface area contributed by atoms with E-state index in [-0.39, 0.29) is 6.04 Å². The van der Waals surface area contributed by atoms with E-state index in [1.54, 1.807) is 0 Å². The van der Waals surface area contributed by atoms with Gasteiger partial charge in [0.1, 0.15) is 0 Å². The molecule has 0 aliphatic rings.